The molecule has 6 heteroatoms. The van der Waals surface area contributed by atoms with E-state index in [9.17, 15) is 0 Å². The van der Waals surface area contributed by atoms with Crippen LogP contribution in [0.1, 0.15) is 0 Å². The van der Waals surface area contributed by atoms with E-state index >= 15 is 0 Å². The maximum Gasteiger partial charge on any atom is 0.238 e. The second-order valence-corrected chi connectivity index (χ2v) is 15.6. The molecule has 0 fully saturated rings. The van der Waals surface area contributed by atoms with E-state index in [2.05, 4.69) is 191 Å². The number of nitrogens with zero attached hydrogens (tertiary/aromatic N) is 5. The Morgan fingerprint density at radius 3 is 1.61 bits per heavy atom. The van der Waals surface area contributed by atoms with Crippen molar-refractivity contribution in [2.75, 3.05) is 0 Å². The predicted octanol–water partition coefficient (Wildman–Crippen LogP) is 14.1. The lowest BCUT2D eigenvalue weighted by atomic mass is 10.0. The molecule has 0 unspecified atom stereocenters. The highest BCUT2D eigenvalue weighted by molar-refractivity contribution is 6.16. The highest BCUT2D eigenvalue weighted by Gasteiger charge is 2.25. The van der Waals surface area contributed by atoms with Gasteiger partial charge in [-0.3, -0.25) is 4.57 Å². The van der Waals surface area contributed by atoms with Gasteiger partial charge >= 0.3 is 0 Å². The molecule has 13 rings (SSSR count). The molecule has 0 radical (unpaired) electrons. The molecule has 4 aromatic heterocycles. The van der Waals surface area contributed by atoms with Crippen molar-refractivity contribution >= 4 is 76.3 Å². The summed E-state index contributed by atoms with van der Waals surface area (Å²) in [7, 11) is 0. The van der Waals surface area contributed by atoms with Crippen molar-refractivity contribution in [3.8, 4) is 45.5 Å². The Hall–Kier alpha value is -8.35. The van der Waals surface area contributed by atoms with Crippen LogP contribution in [0.25, 0.3) is 122 Å². The number of furan rings is 1. The Morgan fingerprint density at radius 1 is 0.344 bits per heavy atom. The van der Waals surface area contributed by atoms with Gasteiger partial charge in [0.25, 0.3) is 0 Å². The average Bonchev–Trinajstić information content (AvgIpc) is 3.98. The molecule has 13 aromatic rings. The van der Waals surface area contributed by atoms with Crippen molar-refractivity contribution in [2.45, 2.75) is 0 Å². The van der Waals surface area contributed by atoms with Gasteiger partial charge < -0.3 is 8.98 Å². The normalized spacial score (nSPS) is 11.9. The SMILES string of the molecule is c1ccc(-c2ccc(-c3nc(-c4c(-n5c6ccccc6c6cc7ccccc7cc65)ccc5c4oc4ccccc45)nc(-n4c5ccccc5c5ccccc54)n3)cc2)cc1. The first-order chi connectivity index (χ1) is 30.2. The third-order valence-corrected chi connectivity index (χ3v) is 12.2. The minimum absolute atomic E-state index is 0.514. The minimum atomic E-state index is 0.514. The molecule has 0 aliphatic carbocycles. The molecule has 0 aliphatic heterocycles. The number of hydrogen-bond acceptors (Lipinski definition) is 4. The molecule has 0 N–H and O–H groups in total. The molecular formula is C55H33N5O. The molecule has 0 atom stereocenters. The number of rotatable bonds is 5. The van der Waals surface area contributed by atoms with Gasteiger partial charge in [0, 0.05) is 37.9 Å². The minimum Gasteiger partial charge on any atom is -0.455 e. The molecule has 284 valence electrons. The molecule has 0 spiro atoms. The first kappa shape index (κ1) is 33.6. The van der Waals surface area contributed by atoms with Crippen LogP contribution in [0.5, 0.6) is 0 Å². The molecule has 0 amide bonds. The Labute approximate surface area is 349 Å². The Kier molecular flexibility index (Phi) is 7.21. The summed E-state index contributed by atoms with van der Waals surface area (Å²) in [4.78, 5) is 16.3. The van der Waals surface area contributed by atoms with Crippen LogP contribution in [0.15, 0.2) is 205 Å². The van der Waals surface area contributed by atoms with E-state index < -0.39 is 0 Å². The molecule has 0 saturated heterocycles. The van der Waals surface area contributed by atoms with Crippen LogP contribution in [0.3, 0.4) is 0 Å². The fourth-order valence-corrected chi connectivity index (χ4v) is 9.38. The number of benzene rings is 9. The molecule has 9 aromatic carbocycles. The van der Waals surface area contributed by atoms with E-state index in [1.807, 2.05) is 18.2 Å². The maximum atomic E-state index is 6.93. The lowest BCUT2D eigenvalue weighted by Gasteiger charge is -2.16. The van der Waals surface area contributed by atoms with Crippen LogP contribution in [-0.2, 0) is 0 Å². The van der Waals surface area contributed by atoms with E-state index in [1.54, 1.807) is 0 Å². The number of hydrogen-bond donors (Lipinski definition) is 0. The smallest absolute Gasteiger partial charge is 0.238 e. The summed E-state index contributed by atoms with van der Waals surface area (Å²) in [5.74, 6) is 1.60. The van der Waals surface area contributed by atoms with Gasteiger partial charge in [0.05, 0.1) is 33.3 Å². The van der Waals surface area contributed by atoms with Gasteiger partial charge in [-0.2, -0.15) is 9.97 Å². The summed E-state index contributed by atoms with van der Waals surface area (Å²) in [6.45, 7) is 0. The van der Waals surface area contributed by atoms with Gasteiger partial charge in [0.15, 0.2) is 11.6 Å². The van der Waals surface area contributed by atoms with Gasteiger partial charge in [-0.05, 0) is 70.4 Å². The van der Waals surface area contributed by atoms with Crippen molar-refractivity contribution in [3.05, 3.63) is 200 Å². The molecule has 6 nitrogen and oxygen atoms in total. The quantitative estimate of drug-likeness (QED) is 0.175. The molecule has 4 heterocycles. The van der Waals surface area contributed by atoms with E-state index in [0.29, 0.717) is 17.6 Å². The first-order valence-corrected chi connectivity index (χ1v) is 20.5. The predicted molar refractivity (Wildman–Crippen MR) is 250 cm³/mol. The van der Waals surface area contributed by atoms with Crippen LogP contribution in [0, 0.1) is 0 Å². The number of aromatic nitrogens is 5. The molecule has 0 aliphatic rings. The van der Waals surface area contributed by atoms with Crippen LogP contribution < -0.4 is 0 Å². The zero-order chi connectivity index (χ0) is 40.0. The average molecular weight is 780 g/mol. The zero-order valence-electron chi connectivity index (χ0n) is 32.7. The van der Waals surface area contributed by atoms with Crippen molar-refractivity contribution < 1.29 is 4.42 Å². The van der Waals surface area contributed by atoms with Gasteiger partial charge in [0.2, 0.25) is 5.95 Å². The van der Waals surface area contributed by atoms with Crippen molar-refractivity contribution in [3.63, 3.8) is 0 Å². The summed E-state index contributed by atoms with van der Waals surface area (Å²) in [6, 6.07) is 70.3. The van der Waals surface area contributed by atoms with Gasteiger partial charge in [-0.25, -0.2) is 4.98 Å². The van der Waals surface area contributed by atoms with Crippen LogP contribution in [-0.4, -0.2) is 24.1 Å². The van der Waals surface area contributed by atoms with E-state index in [0.717, 1.165) is 82.7 Å². The van der Waals surface area contributed by atoms with Crippen molar-refractivity contribution in [1.29, 1.82) is 0 Å². The molecule has 61 heavy (non-hydrogen) atoms. The van der Waals surface area contributed by atoms with Gasteiger partial charge in [-0.1, -0.05) is 152 Å². The maximum absolute atomic E-state index is 6.93. The lowest BCUT2D eigenvalue weighted by Crippen LogP contribution is -2.08. The highest BCUT2D eigenvalue weighted by atomic mass is 16.3. The summed E-state index contributed by atoms with van der Waals surface area (Å²) >= 11 is 0. The first-order valence-electron chi connectivity index (χ1n) is 20.5. The number of fused-ring (bicyclic) bond motifs is 10. The second-order valence-electron chi connectivity index (χ2n) is 15.6. The Bertz CT molecular complexity index is 3820. The van der Waals surface area contributed by atoms with E-state index in [1.165, 1.54) is 21.5 Å². The number of para-hydroxylation sites is 4. The molecular weight excluding hydrogens is 747 g/mol. The highest BCUT2D eigenvalue weighted by Crippen LogP contribution is 2.43. The van der Waals surface area contributed by atoms with Gasteiger partial charge in [-0.15, -0.1) is 0 Å². The summed E-state index contributed by atoms with van der Waals surface area (Å²) in [5.41, 5.74) is 10.6. The van der Waals surface area contributed by atoms with Crippen molar-refractivity contribution in [1.82, 2.24) is 24.1 Å². The van der Waals surface area contributed by atoms with Gasteiger partial charge in [0.1, 0.15) is 11.2 Å². The van der Waals surface area contributed by atoms with Crippen LogP contribution in [0.2, 0.25) is 0 Å². The van der Waals surface area contributed by atoms with Crippen LogP contribution in [0.4, 0.5) is 0 Å². The summed E-state index contributed by atoms with van der Waals surface area (Å²) < 4.78 is 11.5. The second kappa shape index (κ2) is 13.1. The Balaban J connectivity index is 1.16. The van der Waals surface area contributed by atoms with Crippen LogP contribution >= 0.6 is 0 Å². The third-order valence-electron chi connectivity index (χ3n) is 12.2. The summed E-state index contributed by atoms with van der Waals surface area (Å²) in [5, 5.41) is 8.99. The fourth-order valence-electron chi connectivity index (χ4n) is 9.38. The fraction of sp³-hybridized carbons (Fsp3) is 0. The topological polar surface area (TPSA) is 61.7 Å². The Morgan fingerprint density at radius 2 is 0.885 bits per heavy atom. The lowest BCUT2D eigenvalue weighted by molar-refractivity contribution is 0.669. The van der Waals surface area contributed by atoms with Crippen molar-refractivity contribution in [2.24, 2.45) is 0 Å². The molecule has 0 bridgehead atoms. The largest absolute Gasteiger partial charge is 0.455 e. The third kappa shape index (κ3) is 5.12. The monoisotopic (exact) mass is 779 g/mol. The van der Waals surface area contributed by atoms with E-state index in [-0.39, 0.29) is 0 Å². The summed E-state index contributed by atoms with van der Waals surface area (Å²) in [6.07, 6.45) is 0. The zero-order valence-corrected chi connectivity index (χ0v) is 32.7. The van der Waals surface area contributed by atoms with E-state index in [4.69, 9.17) is 19.4 Å². The standard InChI is InChI=1S/C55H33N5O/c1-2-14-34(15-3-1)35-26-28-36(29-27-35)53-56-54(58-55(57-53)60-46-23-11-6-18-39(46)40-19-7-12-24-47(40)60)51-48(31-30-43-42-21-9-13-25-50(42)61-52(43)51)59-45-22-10-8-20-41(45)44-32-37-16-4-5-17-38(37)33-49(44)59/h1-33H. The molecule has 0 saturated carbocycles.